The van der Waals surface area contributed by atoms with E-state index >= 15 is 0 Å². The van der Waals surface area contributed by atoms with Crippen molar-refractivity contribution in [3.63, 3.8) is 0 Å². The van der Waals surface area contributed by atoms with Crippen LogP contribution in [0.1, 0.15) is 66.2 Å². The summed E-state index contributed by atoms with van der Waals surface area (Å²) in [5.74, 6) is 1.42. The summed E-state index contributed by atoms with van der Waals surface area (Å²) < 4.78 is 5.39. The van der Waals surface area contributed by atoms with Crippen molar-refractivity contribution in [2.45, 2.75) is 66.2 Å². The third-order valence-electron chi connectivity index (χ3n) is 7.37. The molecular weight excluding hydrogens is 312 g/mol. The smallest absolute Gasteiger partial charge is 0.312 e. The second-order valence-electron chi connectivity index (χ2n) is 9.09. The molecule has 1 fully saturated rings. The molecule has 3 aliphatic rings. The van der Waals surface area contributed by atoms with Gasteiger partial charge in [-0.1, -0.05) is 44.9 Å². The van der Waals surface area contributed by atoms with Crippen LogP contribution in [0, 0.1) is 28.6 Å². The molecule has 0 aliphatic heterocycles. The number of carbonyl (C=O) groups is 1. The van der Waals surface area contributed by atoms with Gasteiger partial charge in [-0.2, -0.15) is 0 Å². The number of aliphatic hydroxyl groups is 1. The number of hydrogen-bond acceptors (Lipinski definition) is 3. The van der Waals surface area contributed by atoms with Crippen LogP contribution in [0.3, 0.4) is 0 Å². The lowest BCUT2D eigenvalue weighted by molar-refractivity contribution is -0.170. The van der Waals surface area contributed by atoms with Gasteiger partial charge < -0.3 is 9.84 Å². The van der Waals surface area contributed by atoms with Gasteiger partial charge in [-0.05, 0) is 67.8 Å². The van der Waals surface area contributed by atoms with Crippen LogP contribution in [-0.2, 0) is 9.53 Å². The summed E-state index contributed by atoms with van der Waals surface area (Å²) in [5.41, 5.74) is 2.84. The summed E-state index contributed by atoms with van der Waals surface area (Å²) in [6.07, 6.45) is 11.4. The molecule has 0 aromatic heterocycles. The normalized spacial score (nSPS) is 37.7. The van der Waals surface area contributed by atoms with Crippen molar-refractivity contribution in [3.05, 3.63) is 23.3 Å². The monoisotopic (exact) mass is 346 g/mol. The van der Waals surface area contributed by atoms with Gasteiger partial charge in [-0.25, -0.2) is 0 Å². The first-order chi connectivity index (χ1) is 11.8. The third-order valence-corrected chi connectivity index (χ3v) is 7.37. The van der Waals surface area contributed by atoms with E-state index in [-0.39, 0.29) is 24.6 Å². The number of carbonyl (C=O) groups excluding carboxylic acids is 1. The van der Waals surface area contributed by atoms with E-state index in [0.29, 0.717) is 17.8 Å². The van der Waals surface area contributed by atoms with E-state index in [1.165, 1.54) is 24.8 Å². The fraction of sp³-hybridized carbons (Fsp3) is 0.773. The largest absolute Gasteiger partial charge is 0.463 e. The van der Waals surface area contributed by atoms with Gasteiger partial charge in [0, 0.05) is 0 Å². The Labute approximate surface area is 152 Å². The van der Waals surface area contributed by atoms with E-state index in [1.54, 1.807) is 5.57 Å². The summed E-state index contributed by atoms with van der Waals surface area (Å²) in [6.45, 7) is 9.11. The molecule has 0 saturated heterocycles. The molecule has 1 saturated carbocycles. The fourth-order valence-corrected chi connectivity index (χ4v) is 5.89. The van der Waals surface area contributed by atoms with Crippen LogP contribution in [0.2, 0.25) is 0 Å². The molecule has 0 unspecified atom stereocenters. The number of hydrogen-bond donors (Lipinski definition) is 1. The van der Waals surface area contributed by atoms with E-state index in [9.17, 15) is 4.79 Å². The lowest BCUT2D eigenvalue weighted by Gasteiger charge is -2.57. The number of fused-ring (bicyclic) bond motifs is 3. The van der Waals surface area contributed by atoms with Crippen molar-refractivity contribution in [3.8, 4) is 0 Å². The first-order valence-corrected chi connectivity index (χ1v) is 10.0. The molecule has 25 heavy (non-hydrogen) atoms. The summed E-state index contributed by atoms with van der Waals surface area (Å²) >= 11 is 0. The molecular formula is C22H34O3. The first-order valence-electron chi connectivity index (χ1n) is 10.0. The zero-order valence-electron chi connectivity index (χ0n) is 16.3. The second kappa shape index (κ2) is 6.90. The molecule has 0 aromatic rings. The third kappa shape index (κ3) is 3.09. The van der Waals surface area contributed by atoms with Gasteiger partial charge in [0.15, 0.2) is 0 Å². The first kappa shape index (κ1) is 18.7. The van der Waals surface area contributed by atoms with Gasteiger partial charge in [-0.15, -0.1) is 0 Å². The van der Waals surface area contributed by atoms with E-state index in [2.05, 4.69) is 39.8 Å². The molecule has 140 valence electrons. The quantitative estimate of drug-likeness (QED) is 0.753. The molecule has 3 nitrogen and oxygen atoms in total. The average Bonchev–Trinajstić information content (AvgIpc) is 2.58. The van der Waals surface area contributed by atoms with Crippen molar-refractivity contribution in [2.24, 2.45) is 28.6 Å². The van der Waals surface area contributed by atoms with Crippen LogP contribution >= 0.6 is 0 Å². The predicted molar refractivity (Wildman–Crippen MR) is 99.9 cm³/mol. The summed E-state index contributed by atoms with van der Waals surface area (Å²) in [4.78, 5) is 12.8. The molecule has 0 bridgehead atoms. The average molecular weight is 347 g/mol. The molecule has 3 rings (SSSR count). The molecule has 0 heterocycles. The minimum absolute atomic E-state index is 0.0980. The molecule has 3 aliphatic carbocycles. The Balaban J connectivity index is 1.91. The van der Waals surface area contributed by atoms with Crippen molar-refractivity contribution in [1.82, 2.24) is 0 Å². The van der Waals surface area contributed by atoms with Crippen LogP contribution in [0.5, 0.6) is 0 Å². The van der Waals surface area contributed by atoms with Gasteiger partial charge in [0.05, 0.1) is 12.0 Å². The maximum absolute atomic E-state index is 12.8. The molecule has 3 heteroatoms. The highest BCUT2D eigenvalue weighted by molar-refractivity contribution is 5.77. The standard InChI is InChI=1S/C22H34O3/c1-15(2)16-6-8-18-17(14-16)7-9-19-21(18,3)10-5-11-22(19,4)20(24)25-13-12-23/h7,14-15,18-19,23H,5-6,8-13H2,1-4H3/t18-,19+,21+,22+/m0/s1. The minimum atomic E-state index is -0.424. The van der Waals surface area contributed by atoms with Gasteiger partial charge in [0.25, 0.3) is 0 Å². The Morgan fingerprint density at radius 1 is 1.36 bits per heavy atom. The SMILES string of the molecule is CC(C)C1=CC2=CC[C@@H]3[C@](C)(CCC[C@@]3(C)C(=O)OCCO)[C@H]2CC1. The summed E-state index contributed by atoms with van der Waals surface area (Å²) in [5, 5.41) is 9.01. The number of rotatable bonds is 4. The summed E-state index contributed by atoms with van der Waals surface area (Å²) in [7, 11) is 0. The highest BCUT2D eigenvalue weighted by Crippen LogP contribution is 2.62. The van der Waals surface area contributed by atoms with Crippen molar-refractivity contribution in [2.75, 3.05) is 13.2 Å². The molecule has 4 atom stereocenters. The molecule has 0 aromatic carbocycles. The van der Waals surface area contributed by atoms with Gasteiger partial charge in [0.2, 0.25) is 0 Å². The second-order valence-corrected chi connectivity index (χ2v) is 9.09. The zero-order chi connectivity index (χ0) is 18.2. The highest BCUT2D eigenvalue weighted by atomic mass is 16.5. The zero-order valence-corrected chi connectivity index (χ0v) is 16.3. The Bertz CT molecular complexity index is 588. The summed E-state index contributed by atoms with van der Waals surface area (Å²) in [6, 6.07) is 0. The van der Waals surface area contributed by atoms with Crippen LogP contribution in [0.4, 0.5) is 0 Å². The number of esters is 1. The number of ether oxygens (including phenoxy) is 1. The van der Waals surface area contributed by atoms with Crippen LogP contribution in [0.25, 0.3) is 0 Å². The Morgan fingerprint density at radius 2 is 2.12 bits per heavy atom. The predicted octanol–water partition coefficient (Wildman–Crippen LogP) is 4.66. The van der Waals surface area contributed by atoms with Crippen molar-refractivity contribution in [1.29, 1.82) is 0 Å². The lowest BCUT2D eigenvalue weighted by atomic mass is 9.47. The highest BCUT2D eigenvalue weighted by Gasteiger charge is 2.57. The Kier molecular flexibility index (Phi) is 5.16. The van der Waals surface area contributed by atoms with E-state index in [4.69, 9.17) is 9.84 Å². The van der Waals surface area contributed by atoms with Gasteiger partial charge >= 0.3 is 5.97 Å². The van der Waals surface area contributed by atoms with Crippen molar-refractivity contribution < 1.29 is 14.6 Å². The van der Waals surface area contributed by atoms with Gasteiger partial charge in [0.1, 0.15) is 6.61 Å². The minimum Gasteiger partial charge on any atom is -0.463 e. The molecule has 0 spiro atoms. The van der Waals surface area contributed by atoms with E-state index in [0.717, 1.165) is 19.3 Å². The topological polar surface area (TPSA) is 46.5 Å². The maximum Gasteiger partial charge on any atom is 0.312 e. The van der Waals surface area contributed by atoms with Crippen LogP contribution < -0.4 is 0 Å². The van der Waals surface area contributed by atoms with Gasteiger partial charge in [-0.3, -0.25) is 4.79 Å². The Hall–Kier alpha value is -1.09. The maximum atomic E-state index is 12.8. The Morgan fingerprint density at radius 3 is 2.80 bits per heavy atom. The molecule has 1 N–H and O–H groups in total. The number of aliphatic hydroxyl groups excluding tert-OH is 1. The number of allylic oxidation sites excluding steroid dienone is 4. The van der Waals surface area contributed by atoms with Crippen LogP contribution in [-0.4, -0.2) is 24.3 Å². The van der Waals surface area contributed by atoms with E-state index in [1.807, 2.05) is 0 Å². The fourth-order valence-electron chi connectivity index (χ4n) is 5.89. The van der Waals surface area contributed by atoms with Crippen molar-refractivity contribution >= 4 is 5.97 Å². The molecule has 0 amide bonds. The molecule has 0 radical (unpaired) electrons. The van der Waals surface area contributed by atoms with Crippen LogP contribution in [0.15, 0.2) is 23.3 Å². The van der Waals surface area contributed by atoms with E-state index < -0.39 is 5.41 Å². The lowest BCUT2D eigenvalue weighted by Crippen LogP contribution is -2.53.